The number of thioether (sulfide) groups is 1. The molecule has 1 N–H and O–H groups in total. The summed E-state index contributed by atoms with van der Waals surface area (Å²) < 4.78 is 25.7. The smallest absolute Gasteiger partial charge is 0.193 e. The molecule has 1 saturated heterocycles. The second-order valence-corrected chi connectivity index (χ2v) is 12.8. The molecule has 0 amide bonds. The summed E-state index contributed by atoms with van der Waals surface area (Å²) in [5, 5.41) is 7.17. The minimum Gasteiger partial charge on any atom is -0.342 e. The van der Waals surface area contributed by atoms with Gasteiger partial charge in [0.05, 0.1) is 28.6 Å². The Morgan fingerprint density at radius 2 is 2.16 bits per heavy atom. The molecule has 1 atom stereocenters. The summed E-state index contributed by atoms with van der Waals surface area (Å²) in [6.07, 6.45) is 5.50. The molecule has 1 aliphatic carbocycles. The Balaban J connectivity index is 1.36. The van der Waals surface area contributed by atoms with E-state index >= 15 is 0 Å². The van der Waals surface area contributed by atoms with Crippen LogP contribution in [0.5, 0.6) is 0 Å². The number of rotatable bonds is 4. The first-order valence-corrected chi connectivity index (χ1v) is 14.2. The average molecular weight is 488 g/mol. The van der Waals surface area contributed by atoms with Gasteiger partial charge in [-0.15, -0.1) is 11.3 Å². The van der Waals surface area contributed by atoms with Crippen LogP contribution in [-0.4, -0.2) is 44.7 Å². The minimum absolute atomic E-state index is 0.0619. The molecule has 1 fully saturated rings. The standard InChI is InChI=1S/C21H21N5O3S3/c1-11-17-15(27)7-12(24-19(17)26(25-11)13-5-6-32(28,29)9-13)8-30-20-18-14-3-2-4-16(14)31-21(18)23-10-22-20/h7,10,13H,2-6,8-9H2,1H3,(H,24,27)/t13-/m0/s1. The number of nitrogens with zero attached hydrogens (tertiary/aromatic N) is 4. The average Bonchev–Trinajstić information content (AvgIpc) is 3.49. The molecule has 166 valence electrons. The molecule has 0 unspecified atom stereocenters. The fourth-order valence-electron chi connectivity index (χ4n) is 4.85. The second-order valence-electron chi connectivity index (χ2n) is 8.47. The van der Waals surface area contributed by atoms with Crippen LogP contribution in [0.1, 0.15) is 40.7 Å². The molecule has 4 aromatic rings. The van der Waals surface area contributed by atoms with Crippen molar-refractivity contribution < 1.29 is 8.42 Å². The number of aryl methyl sites for hydroxylation is 3. The number of pyridine rings is 1. The lowest BCUT2D eigenvalue weighted by molar-refractivity contribution is 0.509. The maximum atomic E-state index is 12.9. The first-order chi connectivity index (χ1) is 15.4. The highest BCUT2D eigenvalue weighted by atomic mass is 32.2. The molecule has 6 rings (SSSR count). The van der Waals surface area contributed by atoms with Gasteiger partial charge in [-0.05, 0) is 38.2 Å². The zero-order valence-corrected chi connectivity index (χ0v) is 19.9. The fourth-order valence-corrected chi connectivity index (χ4v) is 8.77. The van der Waals surface area contributed by atoms with Gasteiger partial charge in [0.15, 0.2) is 15.3 Å². The Kier molecular flexibility index (Phi) is 4.71. The van der Waals surface area contributed by atoms with Gasteiger partial charge in [0.25, 0.3) is 0 Å². The highest BCUT2D eigenvalue weighted by Gasteiger charge is 2.31. The van der Waals surface area contributed by atoms with E-state index in [9.17, 15) is 13.2 Å². The van der Waals surface area contributed by atoms with Crippen LogP contribution in [0.25, 0.3) is 21.3 Å². The Labute approximate surface area is 192 Å². The highest BCUT2D eigenvalue weighted by Crippen LogP contribution is 2.40. The first-order valence-electron chi connectivity index (χ1n) is 10.6. The van der Waals surface area contributed by atoms with Gasteiger partial charge in [-0.25, -0.2) is 23.1 Å². The van der Waals surface area contributed by atoms with Crippen molar-refractivity contribution in [2.75, 3.05) is 11.5 Å². The van der Waals surface area contributed by atoms with Crippen molar-refractivity contribution in [3.8, 4) is 0 Å². The van der Waals surface area contributed by atoms with Crippen LogP contribution in [0, 0.1) is 6.92 Å². The molecule has 5 heterocycles. The number of H-pyrrole nitrogens is 1. The van der Waals surface area contributed by atoms with E-state index in [4.69, 9.17) is 0 Å². The maximum Gasteiger partial charge on any atom is 0.193 e. The number of hydrogen-bond acceptors (Lipinski definition) is 8. The molecule has 0 spiro atoms. The first kappa shape index (κ1) is 20.4. The number of fused-ring (bicyclic) bond motifs is 4. The van der Waals surface area contributed by atoms with Crippen LogP contribution in [-0.2, 0) is 28.4 Å². The van der Waals surface area contributed by atoms with Gasteiger partial charge in [0, 0.05) is 27.8 Å². The van der Waals surface area contributed by atoms with Crippen LogP contribution in [0.3, 0.4) is 0 Å². The van der Waals surface area contributed by atoms with Gasteiger partial charge < -0.3 is 4.98 Å². The third-order valence-corrected chi connectivity index (χ3v) is 10.3. The molecule has 0 bridgehead atoms. The Bertz CT molecular complexity index is 1550. The summed E-state index contributed by atoms with van der Waals surface area (Å²) in [6, 6.07) is 1.38. The van der Waals surface area contributed by atoms with Crippen LogP contribution < -0.4 is 5.43 Å². The molecule has 1 aliphatic heterocycles. The Morgan fingerprint density at radius 1 is 1.28 bits per heavy atom. The number of sulfone groups is 1. The summed E-state index contributed by atoms with van der Waals surface area (Å²) in [5.74, 6) is 0.772. The Hall–Kier alpha value is -2.24. The van der Waals surface area contributed by atoms with Crippen molar-refractivity contribution in [2.24, 2.45) is 0 Å². The highest BCUT2D eigenvalue weighted by molar-refractivity contribution is 7.98. The minimum atomic E-state index is -3.06. The van der Waals surface area contributed by atoms with Crippen molar-refractivity contribution in [3.63, 3.8) is 0 Å². The number of thiophene rings is 1. The molecule has 0 saturated carbocycles. The quantitative estimate of drug-likeness (QED) is 0.348. The fraction of sp³-hybridized carbons (Fsp3) is 0.429. The number of hydrogen-bond donors (Lipinski definition) is 1. The third kappa shape index (κ3) is 3.29. The molecule has 8 nitrogen and oxygen atoms in total. The molecular formula is C21H21N5O3S3. The van der Waals surface area contributed by atoms with E-state index in [1.165, 1.54) is 16.9 Å². The molecule has 2 aliphatic rings. The maximum absolute atomic E-state index is 12.9. The van der Waals surface area contributed by atoms with Gasteiger partial charge in [-0.1, -0.05) is 11.8 Å². The van der Waals surface area contributed by atoms with Crippen LogP contribution in [0.2, 0.25) is 0 Å². The predicted molar refractivity (Wildman–Crippen MR) is 126 cm³/mol. The topological polar surface area (TPSA) is 111 Å². The van der Waals surface area contributed by atoms with E-state index < -0.39 is 9.84 Å². The molecule has 32 heavy (non-hydrogen) atoms. The number of aromatic nitrogens is 5. The summed E-state index contributed by atoms with van der Waals surface area (Å²) in [6.45, 7) is 1.79. The van der Waals surface area contributed by atoms with E-state index in [2.05, 4.69) is 20.1 Å². The monoisotopic (exact) mass is 487 g/mol. The molecule has 11 heteroatoms. The van der Waals surface area contributed by atoms with E-state index in [0.29, 0.717) is 28.9 Å². The summed E-state index contributed by atoms with van der Waals surface area (Å²) in [5.41, 5.74) is 3.29. The largest absolute Gasteiger partial charge is 0.342 e. The van der Waals surface area contributed by atoms with Crippen LogP contribution >= 0.6 is 23.1 Å². The molecular weight excluding hydrogens is 466 g/mol. The van der Waals surface area contributed by atoms with Crippen molar-refractivity contribution in [1.82, 2.24) is 24.7 Å². The van der Waals surface area contributed by atoms with Crippen molar-refractivity contribution in [2.45, 2.75) is 49.4 Å². The van der Waals surface area contributed by atoms with E-state index in [-0.39, 0.29) is 23.0 Å². The van der Waals surface area contributed by atoms with Gasteiger partial charge in [0.2, 0.25) is 0 Å². The molecule has 4 aromatic heterocycles. The van der Waals surface area contributed by atoms with E-state index in [1.54, 1.807) is 47.1 Å². The zero-order valence-electron chi connectivity index (χ0n) is 17.4. The van der Waals surface area contributed by atoms with Crippen molar-refractivity contribution >= 4 is 54.2 Å². The zero-order chi connectivity index (χ0) is 22.0. The second kappa shape index (κ2) is 7.39. The predicted octanol–water partition coefficient (Wildman–Crippen LogP) is 3.18. The van der Waals surface area contributed by atoms with Gasteiger partial charge in [0.1, 0.15) is 21.8 Å². The SMILES string of the molecule is Cc1nn([C@H]2CCS(=O)(=O)C2)c2[nH]c(CSc3ncnc4sc5c(c34)CCC5)cc(=O)c12. The Morgan fingerprint density at radius 3 is 2.97 bits per heavy atom. The number of aromatic amines is 1. The van der Waals surface area contributed by atoms with Crippen LogP contribution in [0.4, 0.5) is 0 Å². The number of nitrogens with one attached hydrogen (secondary N) is 1. The molecule has 0 aromatic carbocycles. The summed E-state index contributed by atoms with van der Waals surface area (Å²) in [7, 11) is -3.06. The van der Waals surface area contributed by atoms with Crippen LogP contribution in [0.15, 0.2) is 22.2 Å². The lowest BCUT2D eigenvalue weighted by atomic mass is 10.2. The summed E-state index contributed by atoms with van der Waals surface area (Å²) >= 11 is 3.36. The lowest BCUT2D eigenvalue weighted by Crippen LogP contribution is -2.14. The third-order valence-electron chi connectivity index (χ3n) is 6.30. The van der Waals surface area contributed by atoms with Gasteiger partial charge in [-0.3, -0.25) is 4.79 Å². The lowest BCUT2D eigenvalue weighted by Gasteiger charge is -2.11. The van der Waals surface area contributed by atoms with Gasteiger partial charge >= 0.3 is 0 Å². The van der Waals surface area contributed by atoms with Crippen molar-refractivity contribution in [3.05, 3.63) is 44.4 Å². The summed E-state index contributed by atoms with van der Waals surface area (Å²) in [4.78, 5) is 27.7. The normalized spacial score (nSPS) is 19.8. The van der Waals surface area contributed by atoms with E-state index in [1.807, 2.05) is 0 Å². The molecule has 0 radical (unpaired) electrons. The van der Waals surface area contributed by atoms with Crippen molar-refractivity contribution in [1.29, 1.82) is 0 Å². The van der Waals surface area contributed by atoms with Gasteiger partial charge in [-0.2, -0.15) is 5.10 Å². The van der Waals surface area contributed by atoms with E-state index in [0.717, 1.165) is 33.8 Å².